The Balaban J connectivity index is 1.89. The maximum Gasteiger partial charge on any atom is 0.511 e. The van der Waals surface area contributed by atoms with Gasteiger partial charge >= 0.3 is 15.5 Å². The summed E-state index contributed by atoms with van der Waals surface area (Å²) in [5, 5.41) is 12.1. The largest absolute Gasteiger partial charge is 0.511 e. The van der Waals surface area contributed by atoms with Gasteiger partial charge in [-0.1, -0.05) is 11.6 Å². The van der Waals surface area contributed by atoms with Gasteiger partial charge in [0.05, 0.1) is 5.02 Å². The van der Waals surface area contributed by atoms with Crippen LogP contribution >= 0.6 is 11.6 Å². The molecular weight excluding hydrogens is 369 g/mol. The number of piperidine rings is 1. The zero-order chi connectivity index (χ0) is 18.0. The van der Waals surface area contributed by atoms with Gasteiger partial charge in [0, 0.05) is 19.6 Å². The van der Waals surface area contributed by atoms with Gasteiger partial charge in [0.1, 0.15) is 11.9 Å². The second-order valence-electron chi connectivity index (χ2n) is 5.31. The number of alkyl halides is 3. The Morgan fingerprint density at radius 1 is 1.38 bits per heavy atom. The highest BCUT2D eigenvalue weighted by Crippen LogP contribution is 2.30. The minimum Gasteiger partial charge on any atom is -0.370 e. The number of pyridine rings is 1. The molecule has 2 rings (SSSR count). The molecule has 0 unspecified atom stereocenters. The third-order valence-corrected chi connectivity index (χ3v) is 5.66. The quantitative estimate of drug-likeness (QED) is 0.865. The molecule has 0 aromatic carbocycles. The number of nitrogens with one attached hydrogen (secondary N) is 1. The number of nitriles is 1. The summed E-state index contributed by atoms with van der Waals surface area (Å²) in [6.45, 7) is 0.0662. The summed E-state index contributed by atoms with van der Waals surface area (Å²) in [5.74, 6) is 0.439. The lowest BCUT2D eigenvalue weighted by Crippen LogP contribution is -2.45. The van der Waals surface area contributed by atoms with Crippen LogP contribution in [0.15, 0.2) is 12.1 Å². The standard InChI is InChI=1S/C13H14ClF3N4O2S/c14-10-1-2-12(20-11(10)7-18)19-8-9-3-5-21(6-4-9)24(22,23)13(15,16)17/h1-2,9H,3-6,8H2,(H,19,20). The van der Waals surface area contributed by atoms with Crippen molar-refractivity contribution < 1.29 is 21.6 Å². The second kappa shape index (κ2) is 7.13. The van der Waals surface area contributed by atoms with Gasteiger partial charge < -0.3 is 5.32 Å². The summed E-state index contributed by atoms with van der Waals surface area (Å²) in [5.41, 5.74) is -5.19. The van der Waals surface area contributed by atoms with Gasteiger partial charge in [0.25, 0.3) is 0 Å². The van der Waals surface area contributed by atoms with Gasteiger partial charge in [0.2, 0.25) is 0 Å². The molecular formula is C13H14ClF3N4O2S. The van der Waals surface area contributed by atoms with Crippen LogP contribution in [0, 0.1) is 17.2 Å². The van der Waals surface area contributed by atoms with Crippen molar-refractivity contribution in [3.63, 3.8) is 0 Å². The topological polar surface area (TPSA) is 86.1 Å². The van der Waals surface area contributed by atoms with Crippen LogP contribution in [0.4, 0.5) is 19.0 Å². The lowest BCUT2D eigenvalue weighted by molar-refractivity contribution is -0.0496. The molecule has 1 aromatic rings. The Labute approximate surface area is 142 Å². The zero-order valence-electron chi connectivity index (χ0n) is 12.3. The average molecular weight is 383 g/mol. The van der Waals surface area contributed by atoms with Crippen LogP contribution in [0.2, 0.25) is 5.02 Å². The summed E-state index contributed by atoms with van der Waals surface area (Å²) in [7, 11) is -5.25. The van der Waals surface area contributed by atoms with Crippen LogP contribution in [-0.4, -0.2) is 42.8 Å². The molecule has 24 heavy (non-hydrogen) atoms. The normalized spacial score (nSPS) is 17.5. The van der Waals surface area contributed by atoms with Crippen molar-refractivity contribution >= 4 is 27.4 Å². The maximum absolute atomic E-state index is 12.5. The van der Waals surface area contributed by atoms with E-state index >= 15 is 0 Å². The predicted octanol–water partition coefficient (Wildman–Crippen LogP) is 2.58. The van der Waals surface area contributed by atoms with Gasteiger partial charge in [-0.25, -0.2) is 13.4 Å². The third-order valence-electron chi connectivity index (χ3n) is 3.73. The molecule has 0 amide bonds. The first kappa shape index (κ1) is 18.8. The van der Waals surface area contributed by atoms with E-state index in [4.69, 9.17) is 16.9 Å². The van der Waals surface area contributed by atoms with Crippen LogP contribution in [0.25, 0.3) is 0 Å². The van der Waals surface area contributed by atoms with Gasteiger partial charge in [-0.05, 0) is 30.9 Å². The van der Waals surface area contributed by atoms with E-state index in [2.05, 4.69) is 10.3 Å². The van der Waals surface area contributed by atoms with Crippen molar-refractivity contribution in [1.29, 1.82) is 5.26 Å². The number of anilines is 1. The molecule has 1 N–H and O–H groups in total. The lowest BCUT2D eigenvalue weighted by atomic mass is 9.98. The number of aromatic nitrogens is 1. The number of nitrogens with zero attached hydrogens (tertiary/aromatic N) is 3. The molecule has 0 saturated carbocycles. The molecule has 6 nitrogen and oxygen atoms in total. The molecule has 0 atom stereocenters. The molecule has 0 bridgehead atoms. The molecule has 1 aliphatic rings. The summed E-state index contributed by atoms with van der Waals surface area (Å²) >= 11 is 5.77. The molecule has 0 aliphatic carbocycles. The van der Waals surface area contributed by atoms with Crippen LogP contribution in [0.1, 0.15) is 18.5 Å². The van der Waals surface area contributed by atoms with Crippen molar-refractivity contribution in [2.75, 3.05) is 25.0 Å². The highest BCUT2D eigenvalue weighted by molar-refractivity contribution is 7.90. The zero-order valence-corrected chi connectivity index (χ0v) is 13.9. The van der Waals surface area contributed by atoms with Crippen LogP contribution < -0.4 is 5.32 Å². The first-order valence-corrected chi connectivity index (χ1v) is 8.84. The summed E-state index contributed by atoms with van der Waals surface area (Å²) < 4.78 is 60.6. The third kappa shape index (κ3) is 4.09. The Morgan fingerprint density at radius 3 is 2.54 bits per heavy atom. The Bertz CT molecular complexity index is 741. The number of halogens is 4. The van der Waals surface area contributed by atoms with E-state index in [9.17, 15) is 21.6 Å². The van der Waals surface area contributed by atoms with Crippen LogP contribution in [0.5, 0.6) is 0 Å². The van der Waals surface area contributed by atoms with Gasteiger partial charge in [0.15, 0.2) is 5.69 Å². The van der Waals surface area contributed by atoms with Crippen molar-refractivity contribution in [2.45, 2.75) is 18.3 Å². The first-order chi connectivity index (χ1) is 11.1. The fourth-order valence-corrected chi connectivity index (χ4v) is 3.50. The van der Waals surface area contributed by atoms with E-state index in [0.717, 1.165) is 0 Å². The minimum absolute atomic E-state index is 0.00713. The van der Waals surface area contributed by atoms with Crippen molar-refractivity contribution in [3.8, 4) is 6.07 Å². The van der Waals surface area contributed by atoms with Gasteiger partial charge in [-0.2, -0.15) is 22.7 Å². The lowest BCUT2D eigenvalue weighted by Gasteiger charge is -2.31. The molecule has 11 heteroatoms. The predicted molar refractivity (Wildman–Crippen MR) is 81.7 cm³/mol. The Morgan fingerprint density at radius 2 is 2.00 bits per heavy atom. The van der Waals surface area contributed by atoms with Crippen molar-refractivity contribution in [1.82, 2.24) is 9.29 Å². The number of hydrogen-bond acceptors (Lipinski definition) is 5. The molecule has 1 aromatic heterocycles. The highest BCUT2D eigenvalue weighted by atomic mass is 35.5. The van der Waals surface area contributed by atoms with Crippen molar-refractivity contribution in [2.24, 2.45) is 5.92 Å². The van der Waals surface area contributed by atoms with Gasteiger partial charge in [-0.15, -0.1) is 0 Å². The van der Waals surface area contributed by atoms with E-state index < -0.39 is 15.5 Å². The van der Waals surface area contributed by atoms with Gasteiger partial charge in [-0.3, -0.25) is 0 Å². The molecule has 0 radical (unpaired) electrons. The number of hydrogen-bond donors (Lipinski definition) is 1. The van der Waals surface area contributed by atoms with E-state index in [-0.39, 0.29) is 29.7 Å². The van der Waals surface area contributed by atoms with Crippen LogP contribution in [-0.2, 0) is 10.0 Å². The monoisotopic (exact) mass is 382 g/mol. The fourth-order valence-electron chi connectivity index (χ4n) is 2.37. The molecule has 0 spiro atoms. The smallest absolute Gasteiger partial charge is 0.370 e. The molecule has 1 saturated heterocycles. The van der Waals surface area contributed by atoms with Crippen LogP contribution in [0.3, 0.4) is 0 Å². The Kier molecular flexibility index (Phi) is 5.57. The molecule has 1 fully saturated rings. The second-order valence-corrected chi connectivity index (χ2v) is 7.65. The van der Waals surface area contributed by atoms with E-state index in [1.54, 1.807) is 6.07 Å². The van der Waals surface area contributed by atoms with E-state index in [0.29, 0.717) is 29.5 Å². The van der Waals surface area contributed by atoms with E-state index in [1.807, 2.05) is 6.07 Å². The fraction of sp³-hybridized carbons (Fsp3) is 0.538. The first-order valence-electron chi connectivity index (χ1n) is 7.02. The maximum atomic E-state index is 12.5. The summed E-state index contributed by atoms with van der Waals surface area (Å²) in [4.78, 5) is 4.00. The highest BCUT2D eigenvalue weighted by Gasteiger charge is 2.50. The number of sulfonamides is 1. The van der Waals surface area contributed by atoms with E-state index in [1.165, 1.54) is 6.07 Å². The summed E-state index contributed by atoms with van der Waals surface area (Å²) in [6.07, 6.45) is 0.613. The molecule has 132 valence electrons. The molecule has 2 heterocycles. The SMILES string of the molecule is N#Cc1nc(NCC2CCN(S(=O)(=O)C(F)(F)F)CC2)ccc1Cl. The Hall–Kier alpha value is -1.57. The average Bonchev–Trinajstić information content (AvgIpc) is 2.53. The summed E-state index contributed by atoms with van der Waals surface area (Å²) in [6, 6.07) is 4.96. The number of rotatable bonds is 4. The molecule has 1 aliphatic heterocycles. The minimum atomic E-state index is -5.26. The van der Waals surface area contributed by atoms with Crippen molar-refractivity contribution in [3.05, 3.63) is 22.8 Å².